The number of carbonyl (C=O) groups excluding carboxylic acids is 1. The zero-order chi connectivity index (χ0) is 17.6. The number of rotatable bonds is 5. The summed E-state index contributed by atoms with van der Waals surface area (Å²) in [5.41, 5.74) is 1.91. The topological polar surface area (TPSA) is 55.8 Å². The molecule has 0 radical (unpaired) electrons. The first-order valence-corrected chi connectivity index (χ1v) is 7.89. The van der Waals surface area contributed by atoms with Crippen LogP contribution in [0, 0.1) is 0 Å². The van der Waals surface area contributed by atoms with E-state index in [-0.39, 0.29) is 17.1 Å². The van der Waals surface area contributed by atoms with Gasteiger partial charge in [0.1, 0.15) is 11.5 Å². The number of para-hydroxylation sites is 1. The number of hydrogen-bond acceptors (Lipinski definition) is 4. The van der Waals surface area contributed by atoms with Crippen molar-refractivity contribution in [3.63, 3.8) is 0 Å². The van der Waals surface area contributed by atoms with E-state index in [1.165, 1.54) is 7.11 Å². The molecule has 0 saturated carbocycles. The summed E-state index contributed by atoms with van der Waals surface area (Å²) in [5.74, 6) is 1.65. The van der Waals surface area contributed by atoms with Gasteiger partial charge in [-0.2, -0.15) is 0 Å². The van der Waals surface area contributed by atoms with Crippen molar-refractivity contribution in [2.75, 3.05) is 7.11 Å². The van der Waals surface area contributed by atoms with Crippen LogP contribution in [-0.2, 0) is 0 Å². The summed E-state index contributed by atoms with van der Waals surface area (Å²) in [6.07, 6.45) is 9.11. The van der Waals surface area contributed by atoms with Crippen molar-refractivity contribution < 1.29 is 19.4 Å². The van der Waals surface area contributed by atoms with Gasteiger partial charge in [0.25, 0.3) is 0 Å². The monoisotopic (exact) mass is 334 g/mol. The Kier molecular flexibility index (Phi) is 5.00. The maximum atomic E-state index is 11.2. The Morgan fingerprint density at radius 2 is 1.88 bits per heavy atom. The number of aldehydes is 1. The highest BCUT2D eigenvalue weighted by molar-refractivity contribution is 5.86. The molecule has 0 spiro atoms. The fourth-order valence-corrected chi connectivity index (χ4v) is 2.57. The van der Waals surface area contributed by atoms with Gasteiger partial charge in [-0.1, -0.05) is 30.4 Å². The van der Waals surface area contributed by atoms with Gasteiger partial charge in [-0.25, -0.2) is 0 Å². The number of aromatic hydroxyl groups is 1. The van der Waals surface area contributed by atoms with Crippen molar-refractivity contribution in [1.29, 1.82) is 0 Å². The Labute approximate surface area is 146 Å². The third-order valence-corrected chi connectivity index (χ3v) is 3.85. The quantitative estimate of drug-likeness (QED) is 0.817. The zero-order valence-corrected chi connectivity index (χ0v) is 13.8. The third-order valence-electron chi connectivity index (χ3n) is 3.85. The van der Waals surface area contributed by atoms with Gasteiger partial charge in [0.05, 0.1) is 12.7 Å². The molecule has 1 aliphatic carbocycles. The molecule has 2 aromatic carbocycles. The molecule has 0 fully saturated rings. The summed E-state index contributed by atoms with van der Waals surface area (Å²) in [5, 5.41) is 9.95. The van der Waals surface area contributed by atoms with Crippen molar-refractivity contribution in [2.45, 2.75) is 6.42 Å². The lowest BCUT2D eigenvalue weighted by Gasteiger charge is -2.10. The molecule has 0 aliphatic heterocycles. The number of ether oxygens (including phenoxy) is 2. The summed E-state index contributed by atoms with van der Waals surface area (Å²) in [7, 11) is 1.46. The number of methoxy groups -OCH3 is 1. The third kappa shape index (κ3) is 3.80. The minimum atomic E-state index is -0.148. The molecule has 0 saturated heterocycles. The van der Waals surface area contributed by atoms with Crippen molar-refractivity contribution in [2.24, 2.45) is 0 Å². The minimum Gasteiger partial charge on any atom is -0.504 e. The van der Waals surface area contributed by atoms with E-state index >= 15 is 0 Å². The van der Waals surface area contributed by atoms with E-state index in [0.717, 1.165) is 22.6 Å². The summed E-state index contributed by atoms with van der Waals surface area (Å²) in [6.45, 7) is 0. The lowest BCUT2D eigenvalue weighted by molar-refractivity contribution is 0.112. The van der Waals surface area contributed by atoms with Crippen molar-refractivity contribution in [1.82, 2.24) is 0 Å². The van der Waals surface area contributed by atoms with E-state index in [0.29, 0.717) is 12.7 Å². The first-order chi connectivity index (χ1) is 12.2. The van der Waals surface area contributed by atoms with Crippen LogP contribution >= 0.6 is 0 Å². The average Bonchev–Trinajstić information content (AvgIpc) is 2.88. The minimum absolute atomic E-state index is 0.148. The highest BCUT2D eigenvalue weighted by Gasteiger charge is 2.12. The van der Waals surface area contributed by atoms with E-state index < -0.39 is 0 Å². The van der Waals surface area contributed by atoms with Gasteiger partial charge in [-0.3, -0.25) is 4.79 Å². The Morgan fingerprint density at radius 1 is 1.08 bits per heavy atom. The molecule has 1 N–H and O–H groups in total. The number of phenolic OH excluding ortho intramolecular Hbond substituents is 1. The van der Waals surface area contributed by atoms with E-state index in [4.69, 9.17) is 9.47 Å². The fraction of sp³-hybridized carbons (Fsp3) is 0.0952. The number of allylic oxidation sites excluding steroid dienone is 5. The predicted molar refractivity (Wildman–Crippen MR) is 96.9 cm³/mol. The van der Waals surface area contributed by atoms with Crippen LogP contribution in [0.4, 0.5) is 0 Å². The molecule has 25 heavy (non-hydrogen) atoms. The Balaban J connectivity index is 1.85. The molecule has 0 unspecified atom stereocenters. The van der Waals surface area contributed by atoms with Crippen LogP contribution in [0.1, 0.15) is 22.3 Å². The molecule has 0 heterocycles. The molecule has 4 heteroatoms. The molecule has 126 valence electrons. The van der Waals surface area contributed by atoms with E-state index in [2.05, 4.69) is 0 Å². The van der Waals surface area contributed by atoms with E-state index in [9.17, 15) is 9.90 Å². The summed E-state index contributed by atoms with van der Waals surface area (Å²) >= 11 is 0. The normalized spacial score (nSPS) is 13.5. The molecule has 4 nitrogen and oxygen atoms in total. The van der Waals surface area contributed by atoms with Crippen LogP contribution in [0.25, 0.3) is 5.57 Å². The zero-order valence-electron chi connectivity index (χ0n) is 13.8. The maximum absolute atomic E-state index is 11.2. The maximum Gasteiger partial charge on any atom is 0.168 e. The summed E-state index contributed by atoms with van der Waals surface area (Å²) in [4.78, 5) is 11.2. The van der Waals surface area contributed by atoms with Gasteiger partial charge in [-0.15, -0.1) is 0 Å². The standard InChI is InChI=1S/C21H18O4/c1-24-20-13-16(12-17(14-22)21(20)23)15-6-5-9-19(11-10-15)25-18-7-3-2-4-8-18/h2-4,6-14,23H,5H2,1H3. The van der Waals surface area contributed by atoms with Gasteiger partial charge >= 0.3 is 0 Å². The molecule has 0 aromatic heterocycles. The first kappa shape index (κ1) is 16.6. The smallest absolute Gasteiger partial charge is 0.168 e. The Bertz CT molecular complexity index is 861. The largest absolute Gasteiger partial charge is 0.504 e. The number of carbonyl (C=O) groups is 1. The van der Waals surface area contributed by atoms with E-state index in [1.54, 1.807) is 12.1 Å². The number of phenols is 1. The van der Waals surface area contributed by atoms with Crippen LogP contribution in [0.5, 0.6) is 17.2 Å². The van der Waals surface area contributed by atoms with Gasteiger partial charge in [0.2, 0.25) is 0 Å². The molecular weight excluding hydrogens is 316 g/mol. The summed E-state index contributed by atoms with van der Waals surface area (Å²) in [6, 6.07) is 12.9. The van der Waals surface area contributed by atoms with Gasteiger partial charge in [-0.05, 0) is 54.0 Å². The van der Waals surface area contributed by atoms with Crippen molar-refractivity contribution in [3.05, 3.63) is 83.7 Å². The average molecular weight is 334 g/mol. The Hall–Kier alpha value is -3.27. The molecule has 3 rings (SSSR count). The van der Waals surface area contributed by atoms with Crippen LogP contribution in [0.15, 0.2) is 72.5 Å². The SMILES string of the molecule is COc1cc(C2=CCC=C(Oc3ccccc3)C=C2)cc(C=O)c1O. The molecule has 0 atom stereocenters. The van der Waals surface area contributed by atoms with Crippen molar-refractivity contribution >= 4 is 11.9 Å². The van der Waals surface area contributed by atoms with Crippen LogP contribution in [0.3, 0.4) is 0 Å². The van der Waals surface area contributed by atoms with E-state index in [1.807, 2.05) is 54.6 Å². The number of hydrogen-bond donors (Lipinski definition) is 1. The fourth-order valence-electron chi connectivity index (χ4n) is 2.57. The Morgan fingerprint density at radius 3 is 2.60 bits per heavy atom. The van der Waals surface area contributed by atoms with Gasteiger partial charge < -0.3 is 14.6 Å². The first-order valence-electron chi connectivity index (χ1n) is 7.89. The van der Waals surface area contributed by atoms with Gasteiger partial charge in [0.15, 0.2) is 17.8 Å². The molecule has 1 aliphatic rings. The second-order valence-corrected chi connectivity index (χ2v) is 5.48. The van der Waals surface area contributed by atoms with Crippen LogP contribution in [-0.4, -0.2) is 18.5 Å². The highest BCUT2D eigenvalue weighted by Crippen LogP contribution is 2.34. The predicted octanol–water partition coefficient (Wildman–Crippen LogP) is 4.52. The second-order valence-electron chi connectivity index (χ2n) is 5.48. The summed E-state index contributed by atoms with van der Waals surface area (Å²) < 4.78 is 11.0. The second kappa shape index (κ2) is 7.53. The molecule has 2 aromatic rings. The molecule has 0 amide bonds. The molecular formula is C21H18O4. The van der Waals surface area contributed by atoms with Crippen LogP contribution < -0.4 is 9.47 Å². The van der Waals surface area contributed by atoms with Crippen molar-refractivity contribution in [3.8, 4) is 17.2 Å². The van der Waals surface area contributed by atoms with Gasteiger partial charge in [0, 0.05) is 0 Å². The van der Waals surface area contributed by atoms with Crippen LogP contribution in [0.2, 0.25) is 0 Å². The molecule has 0 bridgehead atoms. The lowest BCUT2D eigenvalue weighted by atomic mass is 10.0. The highest BCUT2D eigenvalue weighted by atomic mass is 16.5. The lowest BCUT2D eigenvalue weighted by Crippen LogP contribution is -1.93. The number of benzene rings is 2.